The van der Waals surface area contributed by atoms with Crippen molar-refractivity contribution in [2.24, 2.45) is 5.92 Å². The maximum absolute atomic E-state index is 12.0. The molecule has 1 atom stereocenters. The first-order valence-electron chi connectivity index (χ1n) is 10.7. The summed E-state index contributed by atoms with van der Waals surface area (Å²) in [5.74, 6) is 1.36. The van der Waals surface area contributed by atoms with Gasteiger partial charge in [0, 0.05) is 17.6 Å². The van der Waals surface area contributed by atoms with Gasteiger partial charge < -0.3 is 10.1 Å². The van der Waals surface area contributed by atoms with Crippen molar-refractivity contribution < 1.29 is 13.2 Å². The average Bonchev–Trinajstić information content (AvgIpc) is 3.54. The van der Waals surface area contributed by atoms with E-state index in [1.165, 1.54) is 16.7 Å². The molecule has 1 fully saturated rings. The zero-order chi connectivity index (χ0) is 21.0. The lowest BCUT2D eigenvalue weighted by Gasteiger charge is -2.20. The fourth-order valence-corrected chi connectivity index (χ4v) is 5.53. The molecule has 0 aromatic heterocycles. The van der Waals surface area contributed by atoms with Gasteiger partial charge in [0.1, 0.15) is 12.4 Å². The molecule has 162 valence electrons. The Morgan fingerprint density at radius 3 is 2.70 bits per heavy atom. The molecular formula is C23H29ClN2O3S. The van der Waals surface area contributed by atoms with Gasteiger partial charge in [-0.3, -0.25) is 0 Å². The van der Waals surface area contributed by atoms with Gasteiger partial charge in [-0.2, -0.15) is 0 Å². The van der Waals surface area contributed by atoms with Crippen molar-refractivity contribution in [2.75, 3.05) is 25.4 Å². The summed E-state index contributed by atoms with van der Waals surface area (Å²) in [4.78, 5) is 0. The molecule has 0 amide bonds. The normalized spacial score (nSPS) is 19.2. The predicted molar refractivity (Wildman–Crippen MR) is 121 cm³/mol. The molecular weight excluding hydrogens is 420 g/mol. The molecule has 2 aliphatic rings. The van der Waals surface area contributed by atoms with E-state index in [2.05, 4.69) is 34.3 Å². The summed E-state index contributed by atoms with van der Waals surface area (Å²) in [7, 11) is -3.19. The van der Waals surface area contributed by atoms with Crippen LogP contribution in [0.15, 0.2) is 42.5 Å². The summed E-state index contributed by atoms with van der Waals surface area (Å²) in [6.45, 7) is 1.59. The minimum atomic E-state index is -3.19. The van der Waals surface area contributed by atoms with Gasteiger partial charge in [0.05, 0.1) is 5.75 Å². The standard InChI is InChI=1S/C23H29ClN2O3S/c24-20-8-5-17(6-9-20)14-23-22-15-21(10-7-19(22)2-1-11-25-23)29-13-12-26-30(27,28)16-18-3-4-18/h5-10,15,18,23,25-26H,1-4,11-14,16H2. The largest absolute Gasteiger partial charge is 0.492 e. The average molecular weight is 449 g/mol. The van der Waals surface area contributed by atoms with E-state index in [0.717, 1.165) is 49.4 Å². The first kappa shape index (κ1) is 21.6. The van der Waals surface area contributed by atoms with Gasteiger partial charge in [-0.05, 0) is 85.5 Å². The predicted octanol–water partition coefficient (Wildman–Crippen LogP) is 3.87. The SMILES string of the molecule is O=S(=O)(CC1CC1)NCCOc1ccc2c(c1)C(Cc1ccc(Cl)cc1)NCCC2. The number of sulfonamides is 1. The van der Waals surface area contributed by atoms with Crippen molar-refractivity contribution in [2.45, 2.75) is 38.1 Å². The molecule has 0 radical (unpaired) electrons. The first-order chi connectivity index (χ1) is 14.5. The van der Waals surface area contributed by atoms with E-state index >= 15 is 0 Å². The highest BCUT2D eigenvalue weighted by Gasteiger charge is 2.27. The molecule has 30 heavy (non-hydrogen) atoms. The van der Waals surface area contributed by atoms with Crippen LogP contribution in [0.4, 0.5) is 0 Å². The van der Waals surface area contributed by atoms with E-state index in [9.17, 15) is 8.42 Å². The molecule has 0 spiro atoms. The van der Waals surface area contributed by atoms with Crippen molar-refractivity contribution >= 4 is 21.6 Å². The van der Waals surface area contributed by atoms with Gasteiger partial charge in [0.25, 0.3) is 0 Å². The minimum Gasteiger partial charge on any atom is -0.492 e. The van der Waals surface area contributed by atoms with Crippen molar-refractivity contribution in [3.8, 4) is 5.75 Å². The van der Waals surface area contributed by atoms with Gasteiger partial charge in [-0.1, -0.05) is 29.8 Å². The summed E-state index contributed by atoms with van der Waals surface area (Å²) < 4.78 is 32.5. The Bertz CT molecular complexity index is 959. The van der Waals surface area contributed by atoms with E-state index in [0.29, 0.717) is 19.1 Å². The van der Waals surface area contributed by atoms with Crippen LogP contribution in [-0.4, -0.2) is 33.9 Å². The highest BCUT2D eigenvalue weighted by molar-refractivity contribution is 7.89. The first-order valence-corrected chi connectivity index (χ1v) is 12.7. The van der Waals surface area contributed by atoms with E-state index in [1.54, 1.807) is 0 Å². The van der Waals surface area contributed by atoms with Crippen molar-refractivity contribution in [1.29, 1.82) is 0 Å². The lowest BCUT2D eigenvalue weighted by molar-refractivity contribution is 0.322. The molecule has 2 aromatic carbocycles. The zero-order valence-corrected chi connectivity index (χ0v) is 18.6. The molecule has 0 bridgehead atoms. The Labute approximate surface area is 184 Å². The highest BCUT2D eigenvalue weighted by Crippen LogP contribution is 2.30. The third kappa shape index (κ3) is 6.20. The monoisotopic (exact) mass is 448 g/mol. The van der Waals surface area contributed by atoms with Gasteiger partial charge >= 0.3 is 0 Å². The molecule has 7 heteroatoms. The topological polar surface area (TPSA) is 67.4 Å². The van der Waals surface area contributed by atoms with Crippen LogP contribution in [-0.2, 0) is 22.9 Å². The Morgan fingerprint density at radius 1 is 1.13 bits per heavy atom. The number of halogens is 1. The van der Waals surface area contributed by atoms with Crippen molar-refractivity contribution in [1.82, 2.24) is 10.0 Å². The number of hydrogen-bond donors (Lipinski definition) is 2. The smallest absolute Gasteiger partial charge is 0.211 e. The molecule has 1 heterocycles. The molecule has 1 saturated carbocycles. The number of ether oxygens (including phenoxy) is 1. The second kappa shape index (κ2) is 9.69. The zero-order valence-electron chi connectivity index (χ0n) is 17.1. The quantitative estimate of drug-likeness (QED) is 0.571. The molecule has 2 N–H and O–H groups in total. The van der Waals surface area contributed by atoms with Gasteiger partial charge in [0.15, 0.2) is 0 Å². The number of rotatable bonds is 9. The third-order valence-electron chi connectivity index (χ3n) is 5.70. The Kier molecular flexibility index (Phi) is 6.98. The summed E-state index contributed by atoms with van der Waals surface area (Å²) in [5.41, 5.74) is 3.84. The Hall–Kier alpha value is -1.60. The van der Waals surface area contributed by atoms with Crippen LogP contribution in [0, 0.1) is 5.92 Å². The summed E-state index contributed by atoms with van der Waals surface area (Å²) >= 11 is 6.02. The van der Waals surface area contributed by atoms with Crippen LogP contribution in [0.25, 0.3) is 0 Å². The van der Waals surface area contributed by atoms with E-state index < -0.39 is 10.0 Å². The fourth-order valence-electron chi connectivity index (χ4n) is 3.94. The molecule has 1 aliphatic heterocycles. The van der Waals surface area contributed by atoms with Gasteiger partial charge in [0.2, 0.25) is 10.0 Å². The van der Waals surface area contributed by atoms with Crippen LogP contribution in [0.5, 0.6) is 5.75 Å². The highest BCUT2D eigenvalue weighted by atomic mass is 35.5. The molecule has 5 nitrogen and oxygen atoms in total. The third-order valence-corrected chi connectivity index (χ3v) is 7.51. The molecule has 2 aromatic rings. The number of fused-ring (bicyclic) bond motifs is 1. The minimum absolute atomic E-state index is 0.212. The van der Waals surface area contributed by atoms with Crippen molar-refractivity contribution in [3.63, 3.8) is 0 Å². The summed E-state index contributed by atoms with van der Waals surface area (Å²) in [6, 6.07) is 14.4. The second-order valence-corrected chi connectivity index (χ2v) is 10.6. The van der Waals surface area contributed by atoms with Crippen LogP contribution >= 0.6 is 11.6 Å². The maximum atomic E-state index is 12.0. The number of benzene rings is 2. The van der Waals surface area contributed by atoms with Gasteiger partial charge in [-0.15, -0.1) is 0 Å². The summed E-state index contributed by atoms with van der Waals surface area (Å²) in [5, 5.41) is 4.41. The maximum Gasteiger partial charge on any atom is 0.211 e. The van der Waals surface area contributed by atoms with Crippen LogP contribution in [0.3, 0.4) is 0 Å². The number of hydrogen-bond acceptors (Lipinski definition) is 4. The van der Waals surface area contributed by atoms with Crippen LogP contribution < -0.4 is 14.8 Å². The molecule has 0 saturated heterocycles. The number of aryl methyl sites for hydroxylation is 1. The van der Waals surface area contributed by atoms with Crippen LogP contribution in [0.1, 0.15) is 42.0 Å². The lowest BCUT2D eigenvalue weighted by Crippen LogP contribution is -2.31. The molecule has 1 unspecified atom stereocenters. The molecule has 1 aliphatic carbocycles. The van der Waals surface area contributed by atoms with Gasteiger partial charge in [-0.25, -0.2) is 13.1 Å². The van der Waals surface area contributed by atoms with E-state index in [1.807, 2.05) is 18.2 Å². The van der Waals surface area contributed by atoms with E-state index in [4.69, 9.17) is 16.3 Å². The summed E-state index contributed by atoms with van der Waals surface area (Å²) in [6.07, 6.45) is 5.08. The Balaban J connectivity index is 1.38. The Morgan fingerprint density at radius 2 is 1.93 bits per heavy atom. The van der Waals surface area contributed by atoms with E-state index in [-0.39, 0.29) is 11.8 Å². The second-order valence-electron chi connectivity index (χ2n) is 8.27. The number of nitrogens with one attached hydrogen (secondary N) is 2. The van der Waals surface area contributed by atoms with Crippen molar-refractivity contribution in [3.05, 3.63) is 64.2 Å². The fraction of sp³-hybridized carbons (Fsp3) is 0.478. The molecule has 4 rings (SSSR count). The van der Waals surface area contributed by atoms with Crippen LogP contribution in [0.2, 0.25) is 5.02 Å². The lowest BCUT2D eigenvalue weighted by atomic mass is 9.94.